The lowest BCUT2D eigenvalue weighted by Crippen LogP contribution is -2.43. The number of carboxylic acids is 1. The van der Waals surface area contributed by atoms with Crippen LogP contribution in [0.5, 0.6) is 0 Å². The van der Waals surface area contributed by atoms with Gasteiger partial charge in [-0.15, -0.1) is 0 Å². The zero-order valence-electron chi connectivity index (χ0n) is 21.8. The minimum atomic E-state index is -0.620. The molecular weight excluding hydrogens is 444 g/mol. The molecule has 4 heteroatoms. The molecule has 0 amide bonds. The molecule has 1 aliphatic carbocycles. The van der Waals surface area contributed by atoms with Crippen molar-refractivity contribution in [2.45, 2.75) is 69.7 Å². The molecule has 194 valence electrons. The number of aliphatic carboxylic acids is 1. The van der Waals surface area contributed by atoms with Crippen LogP contribution in [0.15, 0.2) is 60.7 Å². The zero-order chi connectivity index (χ0) is 24.7. The van der Waals surface area contributed by atoms with Gasteiger partial charge in [0, 0.05) is 25.6 Å². The summed E-state index contributed by atoms with van der Waals surface area (Å²) in [5.74, 6) is 1.78. The molecule has 3 fully saturated rings. The van der Waals surface area contributed by atoms with Gasteiger partial charge in [-0.1, -0.05) is 86.3 Å². The van der Waals surface area contributed by atoms with E-state index in [-0.39, 0.29) is 6.04 Å². The van der Waals surface area contributed by atoms with Gasteiger partial charge in [-0.3, -0.25) is 9.69 Å². The Bertz CT molecular complexity index is 937. The highest BCUT2D eigenvalue weighted by atomic mass is 16.4. The van der Waals surface area contributed by atoms with Gasteiger partial charge in [0.15, 0.2) is 0 Å². The predicted octanol–water partition coefficient (Wildman–Crippen LogP) is 6.08. The van der Waals surface area contributed by atoms with E-state index in [9.17, 15) is 9.90 Å². The Kier molecular flexibility index (Phi) is 8.76. The van der Waals surface area contributed by atoms with Crippen molar-refractivity contribution < 1.29 is 9.90 Å². The van der Waals surface area contributed by atoms with Crippen molar-refractivity contribution in [3.05, 3.63) is 71.8 Å². The van der Waals surface area contributed by atoms with Crippen LogP contribution in [0.2, 0.25) is 0 Å². The number of carboxylic acid groups (broad SMARTS) is 1. The average molecular weight is 489 g/mol. The van der Waals surface area contributed by atoms with E-state index in [0.29, 0.717) is 17.8 Å². The smallest absolute Gasteiger partial charge is 0.320 e. The summed E-state index contributed by atoms with van der Waals surface area (Å²) in [6.07, 6.45) is 11.0. The van der Waals surface area contributed by atoms with Gasteiger partial charge in [-0.05, 0) is 74.1 Å². The molecular formula is C32H44N2O2. The molecule has 3 aliphatic rings. The van der Waals surface area contributed by atoms with Crippen molar-refractivity contribution in [1.29, 1.82) is 0 Å². The second-order valence-electron chi connectivity index (χ2n) is 11.7. The Morgan fingerprint density at radius 3 is 2.22 bits per heavy atom. The maximum absolute atomic E-state index is 12.3. The lowest BCUT2D eigenvalue weighted by atomic mass is 9.80. The standard InChI is InChI=1S/C32H44N2O2/c35-32(36)31(21-27-13-8-14-27)34-23-29(30(24-34)28-15-5-2-6-16-28)22-33-19-17-26(18-20-33)12-7-11-25-9-3-1-4-10-25/h1-6,9-10,15-16,26-27,29-31H,7-8,11-14,17-24H2,(H,35,36)/t29?,30?,31-/m0/s1. The summed E-state index contributed by atoms with van der Waals surface area (Å²) in [7, 11) is 0. The third-order valence-corrected chi connectivity index (χ3v) is 9.32. The maximum atomic E-state index is 12.3. The molecule has 36 heavy (non-hydrogen) atoms. The van der Waals surface area contributed by atoms with E-state index < -0.39 is 5.97 Å². The fraction of sp³-hybridized carbons (Fsp3) is 0.594. The van der Waals surface area contributed by atoms with Gasteiger partial charge in [0.1, 0.15) is 6.04 Å². The number of nitrogens with zero attached hydrogens (tertiary/aromatic N) is 2. The van der Waals surface area contributed by atoms with Crippen LogP contribution in [0.4, 0.5) is 0 Å². The number of piperidine rings is 1. The lowest BCUT2D eigenvalue weighted by Gasteiger charge is -2.35. The molecule has 3 atom stereocenters. The molecule has 5 rings (SSSR count). The predicted molar refractivity (Wildman–Crippen MR) is 146 cm³/mol. The summed E-state index contributed by atoms with van der Waals surface area (Å²) >= 11 is 0. The molecule has 0 spiro atoms. The van der Waals surface area contributed by atoms with Crippen LogP contribution in [-0.4, -0.2) is 59.6 Å². The third kappa shape index (κ3) is 6.58. The molecule has 0 bridgehead atoms. The first-order valence-corrected chi connectivity index (χ1v) is 14.4. The SMILES string of the molecule is O=C(O)[C@H](CC1CCC1)N1CC(CN2CCC(CCCc3ccccc3)CC2)C(c2ccccc2)C1. The van der Waals surface area contributed by atoms with Gasteiger partial charge in [-0.25, -0.2) is 0 Å². The fourth-order valence-electron chi connectivity index (χ4n) is 6.90. The van der Waals surface area contributed by atoms with Crippen LogP contribution in [0.25, 0.3) is 0 Å². The van der Waals surface area contributed by atoms with E-state index in [0.717, 1.165) is 32.0 Å². The topological polar surface area (TPSA) is 43.8 Å². The number of carbonyl (C=O) groups is 1. The second kappa shape index (κ2) is 12.4. The summed E-state index contributed by atoms with van der Waals surface area (Å²) in [6, 6.07) is 21.4. The van der Waals surface area contributed by atoms with Crippen LogP contribution in [-0.2, 0) is 11.2 Å². The monoisotopic (exact) mass is 488 g/mol. The van der Waals surface area contributed by atoms with Gasteiger partial charge >= 0.3 is 5.97 Å². The van der Waals surface area contributed by atoms with Crippen molar-refractivity contribution in [3.8, 4) is 0 Å². The molecule has 1 N–H and O–H groups in total. The number of hydrogen-bond acceptors (Lipinski definition) is 3. The maximum Gasteiger partial charge on any atom is 0.320 e. The molecule has 0 radical (unpaired) electrons. The second-order valence-corrected chi connectivity index (χ2v) is 11.7. The Morgan fingerprint density at radius 1 is 0.889 bits per heavy atom. The summed E-state index contributed by atoms with van der Waals surface area (Å²) in [4.78, 5) is 17.3. The van der Waals surface area contributed by atoms with Gasteiger partial charge in [0.2, 0.25) is 0 Å². The Balaban J connectivity index is 1.15. The number of rotatable bonds is 11. The molecule has 2 aromatic carbocycles. The van der Waals surface area contributed by atoms with Crippen LogP contribution < -0.4 is 0 Å². The number of hydrogen-bond donors (Lipinski definition) is 1. The largest absolute Gasteiger partial charge is 0.480 e. The Labute approximate surface area is 217 Å². The first-order chi connectivity index (χ1) is 17.7. The molecule has 4 nitrogen and oxygen atoms in total. The van der Waals surface area contributed by atoms with Crippen LogP contribution >= 0.6 is 0 Å². The van der Waals surface area contributed by atoms with Gasteiger partial charge < -0.3 is 10.0 Å². The third-order valence-electron chi connectivity index (χ3n) is 9.32. The molecule has 2 aromatic rings. The Hall–Kier alpha value is -2.17. The highest BCUT2D eigenvalue weighted by molar-refractivity contribution is 5.73. The number of likely N-dealkylation sites (tertiary alicyclic amines) is 2. The fourth-order valence-corrected chi connectivity index (χ4v) is 6.90. The minimum absolute atomic E-state index is 0.318. The summed E-state index contributed by atoms with van der Waals surface area (Å²) in [5.41, 5.74) is 2.85. The van der Waals surface area contributed by atoms with Gasteiger partial charge in [-0.2, -0.15) is 0 Å². The van der Waals surface area contributed by atoms with Crippen molar-refractivity contribution in [3.63, 3.8) is 0 Å². The van der Waals surface area contributed by atoms with E-state index in [4.69, 9.17) is 0 Å². The van der Waals surface area contributed by atoms with Crippen molar-refractivity contribution >= 4 is 5.97 Å². The van der Waals surface area contributed by atoms with E-state index in [1.54, 1.807) is 0 Å². The minimum Gasteiger partial charge on any atom is -0.480 e. The molecule has 2 aliphatic heterocycles. The molecule has 0 aromatic heterocycles. The summed E-state index contributed by atoms with van der Waals surface area (Å²) in [5, 5.41) is 10.1. The van der Waals surface area contributed by atoms with Crippen LogP contribution in [0, 0.1) is 17.8 Å². The van der Waals surface area contributed by atoms with Gasteiger partial charge in [0.25, 0.3) is 0 Å². The molecule has 1 saturated carbocycles. The van der Waals surface area contributed by atoms with Crippen LogP contribution in [0.3, 0.4) is 0 Å². The lowest BCUT2D eigenvalue weighted by molar-refractivity contribution is -0.144. The molecule has 2 unspecified atom stereocenters. The van der Waals surface area contributed by atoms with Crippen LogP contribution in [0.1, 0.15) is 68.4 Å². The first kappa shape index (κ1) is 25.5. The summed E-state index contributed by atoms with van der Waals surface area (Å²) in [6.45, 7) is 5.29. The molecule has 2 saturated heterocycles. The molecule has 2 heterocycles. The van der Waals surface area contributed by atoms with E-state index in [1.807, 2.05) is 0 Å². The number of benzene rings is 2. The zero-order valence-corrected chi connectivity index (χ0v) is 21.8. The highest BCUT2D eigenvalue weighted by Crippen LogP contribution is 2.38. The van der Waals surface area contributed by atoms with E-state index >= 15 is 0 Å². The number of aryl methyl sites for hydroxylation is 1. The van der Waals surface area contributed by atoms with E-state index in [2.05, 4.69) is 70.5 Å². The summed E-state index contributed by atoms with van der Waals surface area (Å²) < 4.78 is 0. The Morgan fingerprint density at radius 2 is 1.58 bits per heavy atom. The van der Waals surface area contributed by atoms with Crippen molar-refractivity contribution in [2.24, 2.45) is 17.8 Å². The highest BCUT2D eigenvalue weighted by Gasteiger charge is 2.41. The first-order valence-electron chi connectivity index (χ1n) is 14.4. The van der Waals surface area contributed by atoms with E-state index in [1.165, 1.54) is 75.6 Å². The van der Waals surface area contributed by atoms with Crippen molar-refractivity contribution in [1.82, 2.24) is 9.80 Å². The van der Waals surface area contributed by atoms with Crippen molar-refractivity contribution in [2.75, 3.05) is 32.7 Å². The normalized spacial score (nSPS) is 25.0. The quantitative estimate of drug-likeness (QED) is 0.416. The van der Waals surface area contributed by atoms with Gasteiger partial charge in [0.05, 0.1) is 0 Å². The average Bonchev–Trinajstić information content (AvgIpc) is 3.28.